The predicted octanol–water partition coefficient (Wildman–Crippen LogP) is 2.50. The van der Waals surface area contributed by atoms with Gasteiger partial charge in [-0.1, -0.05) is 24.3 Å². The van der Waals surface area contributed by atoms with E-state index in [4.69, 9.17) is 4.74 Å². The predicted molar refractivity (Wildman–Crippen MR) is 83.4 cm³/mol. The summed E-state index contributed by atoms with van der Waals surface area (Å²) in [7, 11) is 1.89. The Labute approximate surface area is 126 Å². The van der Waals surface area contributed by atoms with Gasteiger partial charge in [-0.25, -0.2) is 0 Å². The van der Waals surface area contributed by atoms with E-state index in [9.17, 15) is 0 Å². The van der Waals surface area contributed by atoms with Crippen LogP contribution in [0.1, 0.15) is 37.6 Å². The number of nitrogens with one attached hydrogen (secondary N) is 1. The van der Waals surface area contributed by atoms with E-state index in [2.05, 4.69) is 34.7 Å². The fourth-order valence-electron chi connectivity index (χ4n) is 2.29. The number of ether oxygens (including phenoxy) is 1. The molecule has 5 heteroatoms. The summed E-state index contributed by atoms with van der Waals surface area (Å²) in [5, 5.41) is 11.8. The van der Waals surface area contributed by atoms with E-state index in [1.807, 2.05) is 32.3 Å². The lowest BCUT2D eigenvalue weighted by atomic mass is 10.0. The molecule has 0 spiro atoms. The topological polar surface area (TPSA) is 52.0 Å². The molecule has 2 aromatic rings. The van der Waals surface area contributed by atoms with Crippen LogP contribution in [0, 0.1) is 0 Å². The number of aromatic nitrogens is 3. The Morgan fingerprint density at radius 2 is 2.00 bits per heavy atom. The van der Waals surface area contributed by atoms with Crippen LogP contribution in [-0.2, 0) is 13.5 Å². The highest BCUT2D eigenvalue weighted by Crippen LogP contribution is 2.21. The first-order chi connectivity index (χ1) is 10.2. The van der Waals surface area contributed by atoms with Crippen molar-refractivity contribution in [2.45, 2.75) is 32.7 Å². The van der Waals surface area contributed by atoms with Gasteiger partial charge in [-0.3, -0.25) is 4.68 Å². The molecule has 1 aromatic heterocycles. The van der Waals surface area contributed by atoms with E-state index >= 15 is 0 Å². The van der Waals surface area contributed by atoms with Gasteiger partial charge in [0.05, 0.1) is 12.3 Å². The maximum atomic E-state index is 5.50. The monoisotopic (exact) mass is 288 g/mol. The first-order valence-corrected chi connectivity index (χ1v) is 7.54. The lowest BCUT2D eigenvalue weighted by Crippen LogP contribution is -2.24. The lowest BCUT2D eigenvalue weighted by Gasteiger charge is -2.18. The standard InChI is InChI=1S/C16H24N4O/c1-4-10-17-16(11-14-12-20(3)19-18-14)13-6-8-15(9-7-13)21-5-2/h6-9,12,16-17H,4-5,10-11H2,1-3H3. The van der Waals surface area contributed by atoms with Crippen LogP contribution in [0.4, 0.5) is 0 Å². The average molecular weight is 288 g/mol. The van der Waals surface area contributed by atoms with Crippen molar-refractivity contribution in [2.24, 2.45) is 7.05 Å². The zero-order valence-corrected chi connectivity index (χ0v) is 13.0. The third-order valence-electron chi connectivity index (χ3n) is 3.30. The molecule has 21 heavy (non-hydrogen) atoms. The van der Waals surface area contributed by atoms with Crippen molar-refractivity contribution >= 4 is 0 Å². The third kappa shape index (κ3) is 4.56. The van der Waals surface area contributed by atoms with Crippen LogP contribution in [0.25, 0.3) is 0 Å². The number of aryl methyl sites for hydroxylation is 1. The van der Waals surface area contributed by atoms with Crippen LogP contribution in [0.5, 0.6) is 5.75 Å². The molecule has 1 N–H and O–H groups in total. The highest BCUT2D eigenvalue weighted by Gasteiger charge is 2.13. The Balaban J connectivity index is 2.10. The van der Waals surface area contributed by atoms with E-state index in [0.717, 1.165) is 30.8 Å². The van der Waals surface area contributed by atoms with Crippen molar-refractivity contribution in [3.05, 3.63) is 41.7 Å². The van der Waals surface area contributed by atoms with Crippen LogP contribution in [-0.4, -0.2) is 28.1 Å². The highest BCUT2D eigenvalue weighted by atomic mass is 16.5. The molecule has 1 heterocycles. The minimum Gasteiger partial charge on any atom is -0.494 e. The molecule has 0 fully saturated rings. The Hall–Kier alpha value is -1.88. The van der Waals surface area contributed by atoms with Crippen molar-refractivity contribution < 1.29 is 4.74 Å². The van der Waals surface area contributed by atoms with Gasteiger partial charge in [-0.05, 0) is 37.6 Å². The molecule has 1 atom stereocenters. The number of hydrogen-bond donors (Lipinski definition) is 1. The number of hydrogen-bond acceptors (Lipinski definition) is 4. The summed E-state index contributed by atoms with van der Waals surface area (Å²) < 4.78 is 7.24. The summed E-state index contributed by atoms with van der Waals surface area (Å²) in [5.74, 6) is 0.912. The van der Waals surface area contributed by atoms with E-state index in [1.165, 1.54) is 5.56 Å². The fraction of sp³-hybridized carbons (Fsp3) is 0.500. The minimum absolute atomic E-state index is 0.248. The summed E-state index contributed by atoms with van der Waals surface area (Å²) in [5.41, 5.74) is 2.25. The number of benzene rings is 1. The van der Waals surface area contributed by atoms with Gasteiger partial charge in [0, 0.05) is 25.7 Å². The summed E-state index contributed by atoms with van der Waals surface area (Å²) in [4.78, 5) is 0. The maximum Gasteiger partial charge on any atom is 0.119 e. The number of rotatable bonds is 8. The van der Waals surface area contributed by atoms with Gasteiger partial charge in [-0.2, -0.15) is 0 Å². The molecule has 0 radical (unpaired) electrons. The zero-order valence-electron chi connectivity index (χ0n) is 13.0. The molecule has 5 nitrogen and oxygen atoms in total. The van der Waals surface area contributed by atoms with Crippen molar-refractivity contribution in [2.75, 3.05) is 13.2 Å². The molecule has 1 aromatic carbocycles. The molecule has 0 aliphatic heterocycles. The summed E-state index contributed by atoms with van der Waals surface area (Å²) in [6.07, 6.45) is 3.91. The zero-order chi connectivity index (χ0) is 15.1. The fourth-order valence-corrected chi connectivity index (χ4v) is 2.29. The summed E-state index contributed by atoms with van der Waals surface area (Å²) in [6.45, 7) is 5.84. The molecule has 0 saturated carbocycles. The molecule has 0 aliphatic rings. The van der Waals surface area contributed by atoms with E-state index < -0.39 is 0 Å². The van der Waals surface area contributed by atoms with Gasteiger partial charge < -0.3 is 10.1 Å². The molecule has 1 unspecified atom stereocenters. The largest absolute Gasteiger partial charge is 0.494 e. The molecule has 0 aliphatic carbocycles. The van der Waals surface area contributed by atoms with Gasteiger partial charge in [0.15, 0.2) is 0 Å². The van der Waals surface area contributed by atoms with Gasteiger partial charge in [0.2, 0.25) is 0 Å². The smallest absolute Gasteiger partial charge is 0.119 e. The van der Waals surface area contributed by atoms with Crippen LogP contribution < -0.4 is 10.1 Å². The first kappa shape index (κ1) is 15.5. The second kappa shape index (κ2) is 7.78. The van der Waals surface area contributed by atoms with Crippen molar-refractivity contribution in [3.8, 4) is 5.75 Å². The van der Waals surface area contributed by atoms with Crippen LogP contribution in [0.3, 0.4) is 0 Å². The Morgan fingerprint density at radius 1 is 1.24 bits per heavy atom. The first-order valence-electron chi connectivity index (χ1n) is 7.54. The lowest BCUT2D eigenvalue weighted by molar-refractivity contribution is 0.340. The second-order valence-electron chi connectivity index (χ2n) is 5.10. The molecule has 2 rings (SSSR count). The molecule has 114 valence electrons. The third-order valence-corrected chi connectivity index (χ3v) is 3.30. The van der Waals surface area contributed by atoms with Crippen molar-refractivity contribution in [1.82, 2.24) is 20.3 Å². The summed E-state index contributed by atoms with van der Waals surface area (Å²) >= 11 is 0. The normalized spacial score (nSPS) is 12.3. The SMILES string of the molecule is CCCNC(Cc1cn(C)nn1)c1ccc(OCC)cc1. The van der Waals surface area contributed by atoms with Crippen LogP contribution in [0.2, 0.25) is 0 Å². The molecule has 0 amide bonds. The Bertz CT molecular complexity index is 535. The maximum absolute atomic E-state index is 5.50. The minimum atomic E-state index is 0.248. The van der Waals surface area contributed by atoms with Crippen molar-refractivity contribution in [1.29, 1.82) is 0 Å². The van der Waals surface area contributed by atoms with Crippen LogP contribution >= 0.6 is 0 Å². The quantitative estimate of drug-likeness (QED) is 0.811. The molecular weight excluding hydrogens is 264 g/mol. The van der Waals surface area contributed by atoms with Crippen molar-refractivity contribution in [3.63, 3.8) is 0 Å². The summed E-state index contributed by atoms with van der Waals surface area (Å²) in [6, 6.07) is 8.53. The van der Waals surface area contributed by atoms with Crippen LogP contribution in [0.15, 0.2) is 30.5 Å². The van der Waals surface area contributed by atoms with E-state index in [1.54, 1.807) is 4.68 Å². The Kier molecular flexibility index (Phi) is 5.75. The van der Waals surface area contributed by atoms with E-state index in [0.29, 0.717) is 6.61 Å². The Morgan fingerprint density at radius 3 is 2.57 bits per heavy atom. The van der Waals surface area contributed by atoms with Gasteiger partial charge >= 0.3 is 0 Å². The average Bonchev–Trinajstić information content (AvgIpc) is 2.90. The highest BCUT2D eigenvalue weighted by molar-refractivity contribution is 5.29. The van der Waals surface area contributed by atoms with Gasteiger partial charge in [0.1, 0.15) is 5.75 Å². The van der Waals surface area contributed by atoms with Gasteiger partial charge in [-0.15, -0.1) is 5.10 Å². The molecular formula is C16H24N4O. The van der Waals surface area contributed by atoms with E-state index in [-0.39, 0.29) is 6.04 Å². The molecule has 0 bridgehead atoms. The van der Waals surface area contributed by atoms with Gasteiger partial charge in [0.25, 0.3) is 0 Å². The second-order valence-corrected chi connectivity index (χ2v) is 5.10. The molecule has 0 saturated heterocycles. The number of nitrogens with zero attached hydrogens (tertiary/aromatic N) is 3.